The monoisotopic (exact) mass is 504 g/mol. The lowest BCUT2D eigenvalue weighted by Gasteiger charge is -2.27. The molecule has 8 heteroatoms. The zero-order valence-electron chi connectivity index (χ0n) is 18.2. The van der Waals surface area contributed by atoms with E-state index >= 15 is 0 Å². The van der Waals surface area contributed by atoms with Crippen LogP contribution in [-0.2, 0) is 14.4 Å². The second-order valence-electron chi connectivity index (χ2n) is 8.33. The number of carbonyl (C=O) groups is 2. The molecule has 35 heavy (non-hydrogen) atoms. The van der Waals surface area contributed by atoms with Crippen LogP contribution in [0.15, 0.2) is 95.4 Å². The van der Waals surface area contributed by atoms with E-state index < -0.39 is 24.0 Å². The molecule has 0 saturated carbocycles. The van der Waals surface area contributed by atoms with Gasteiger partial charge in [-0.05, 0) is 54.6 Å². The van der Waals surface area contributed by atoms with Crippen LogP contribution in [0.1, 0.15) is 11.8 Å². The molecule has 2 saturated heterocycles. The number of fused-ring (bicyclic) bond motifs is 1. The Kier molecular flexibility index (Phi) is 5.37. The lowest BCUT2D eigenvalue weighted by atomic mass is 9.94. The minimum Gasteiger partial charge on any atom is -0.459 e. The molecule has 2 amide bonds. The van der Waals surface area contributed by atoms with Gasteiger partial charge in [0.2, 0.25) is 5.91 Å². The summed E-state index contributed by atoms with van der Waals surface area (Å²) in [6.07, 6.45) is -0.976. The van der Waals surface area contributed by atoms with Crippen LogP contribution in [0.3, 0.4) is 0 Å². The van der Waals surface area contributed by atoms with E-state index in [1.807, 2.05) is 36.4 Å². The van der Waals surface area contributed by atoms with Gasteiger partial charge in [-0.3, -0.25) is 14.4 Å². The largest absolute Gasteiger partial charge is 0.459 e. The molecule has 1 aromatic heterocycles. The van der Waals surface area contributed by atoms with Crippen LogP contribution in [-0.4, -0.2) is 17.9 Å². The molecule has 2 aliphatic heterocycles. The van der Waals surface area contributed by atoms with Gasteiger partial charge in [-0.2, -0.15) is 0 Å². The molecule has 6 nitrogen and oxygen atoms in total. The molecule has 2 fully saturated rings. The van der Waals surface area contributed by atoms with E-state index in [1.54, 1.807) is 59.7 Å². The zero-order chi connectivity index (χ0) is 24.1. The second-order valence-corrected chi connectivity index (χ2v) is 9.18. The fourth-order valence-electron chi connectivity index (χ4n) is 4.68. The number of hydrogen-bond acceptors (Lipinski definition) is 5. The summed E-state index contributed by atoms with van der Waals surface area (Å²) in [5.41, 5.74) is 1.85. The predicted molar refractivity (Wildman–Crippen MR) is 133 cm³/mol. The van der Waals surface area contributed by atoms with Crippen LogP contribution in [0.5, 0.6) is 0 Å². The number of carbonyl (C=O) groups excluding carboxylic acids is 2. The van der Waals surface area contributed by atoms with Crippen LogP contribution in [0, 0.1) is 5.92 Å². The van der Waals surface area contributed by atoms with Crippen LogP contribution >= 0.6 is 23.2 Å². The molecule has 6 rings (SSSR count). The molecule has 2 aliphatic rings. The lowest BCUT2D eigenvalue weighted by molar-refractivity contribution is -0.126. The average Bonchev–Trinajstić information content (AvgIpc) is 3.57. The van der Waals surface area contributed by atoms with E-state index in [9.17, 15) is 9.59 Å². The molecule has 0 unspecified atom stereocenters. The summed E-state index contributed by atoms with van der Waals surface area (Å²) in [6.45, 7) is 0. The Morgan fingerprint density at radius 3 is 2.14 bits per heavy atom. The third kappa shape index (κ3) is 3.62. The molecule has 0 spiro atoms. The van der Waals surface area contributed by atoms with Crippen molar-refractivity contribution >= 4 is 46.4 Å². The minimum absolute atomic E-state index is 0.339. The topological polar surface area (TPSA) is 63.0 Å². The molecule has 3 heterocycles. The van der Waals surface area contributed by atoms with Gasteiger partial charge in [0.1, 0.15) is 23.5 Å². The molecular weight excluding hydrogens is 487 g/mol. The number of para-hydroxylation sites is 2. The Morgan fingerprint density at radius 2 is 1.43 bits per heavy atom. The summed E-state index contributed by atoms with van der Waals surface area (Å²) in [6, 6.07) is 26.2. The zero-order valence-corrected chi connectivity index (χ0v) is 19.7. The minimum atomic E-state index is -0.976. The highest BCUT2D eigenvalue weighted by molar-refractivity contribution is 6.35. The predicted octanol–water partition coefficient (Wildman–Crippen LogP) is 6.30. The van der Waals surface area contributed by atoms with Gasteiger partial charge in [0.25, 0.3) is 5.91 Å². The van der Waals surface area contributed by atoms with E-state index in [-0.39, 0.29) is 5.91 Å². The standard InChI is InChI=1S/C27H18Cl2N2O4/c28-16-11-12-20(29)19(15-16)21-13-14-22(34-21)24-23-25(35-31(24)18-9-5-2-6-10-18)27(33)30(26(23)32)17-7-3-1-4-8-17/h1-15,23-25H/t23-,24+,25-/m1/s1. The van der Waals surface area contributed by atoms with E-state index in [1.165, 1.54) is 4.90 Å². The molecule has 0 radical (unpaired) electrons. The average molecular weight is 505 g/mol. The van der Waals surface area contributed by atoms with Gasteiger partial charge in [-0.25, -0.2) is 9.96 Å². The summed E-state index contributed by atoms with van der Waals surface area (Å²) in [5.74, 6) is -0.562. The van der Waals surface area contributed by atoms with Crippen LogP contribution in [0.4, 0.5) is 11.4 Å². The van der Waals surface area contributed by atoms with Crippen LogP contribution < -0.4 is 9.96 Å². The fraction of sp³-hybridized carbons (Fsp3) is 0.111. The lowest BCUT2D eigenvalue weighted by Crippen LogP contribution is -2.37. The second kappa shape index (κ2) is 8.57. The van der Waals surface area contributed by atoms with Crippen molar-refractivity contribution in [2.24, 2.45) is 5.92 Å². The first kappa shape index (κ1) is 21.9. The molecule has 3 atom stereocenters. The highest BCUT2D eigenvalue weighted by Crippen LogP contribution is 2.48. The number of anilines is 2. The fourth-order valence-corrected chi connectivity index (χ4v) is 5.06. The normalized spacial score (nSPS) is 21.6. The first-order valence-corrected chi connectivity index (χ1v) is 11.8. The summed E-state index contributed by atoms with van der Waals surface area (Å²) < 4.78 is 6.23. The molecule has 0 bridgehead atoms. The number of imide groups is 1. The Bertz CT molecular complexity index is 1420. The Morgan fingerprint density at radius 1 is 0.743 bits per heavy atom. The molecule has 0 N–H and O–H groups in total. The van der Waals surface area contributed by atoms with Crippen molar-refractivity contribution in [3.63, 3.8) is 0 Å². The van der Waals surface area contributed by atoms with Crippen LogP contribution in [0.25, 0.3) is 11.3 Å². The van der Waals surface area contributed by atoms with Crippen molar-refractivity contribution in [3.05, 3.63) is 107 Å². The van der Waals surface area contributed by atoms with Crippen molar-refractivity contribution in [3.8, 4) is 11.3 Å². The van der Waals surface area contributed by atoms with Crippen LogP contribution in [0.2, 0.25) is 10.0 Å². The van der Waals surface area contributed by atoms with E-state index in [2.05, 4.69) is 0 Å². The number of hydrogen-bond donors (Lipinski definition) is 0. The highest BCUT2D eigenvalue weighted by atomic mass is 35.5. The third-order valence-corrected chi connectivity index (χ3v) is 6.82. The molecule has 174 valence electrons. The van der Waals surface area contributed by atoms with Gasteiger partial charge >= 0.3 is 0 Å². The number of amides is 2. The maximum Gasteiger partial charge on any atom is 0.266 e. The van der Waals surface area contributed by atoms with Crippen molar-refractivity contribution in [1.29, 1.82) is 0 Å². The van der Waals surface area contributed by atoms with Gasteiger partial charge in [-0.1, -0.05) is 59.6 Å². The van der Waals surface area contributed by atoms with Crippen molar-refractivity contribution in [1.82, 2.24) is 0 Å². The summed E-state index contributed by atoms with van der Waals surface area (Å²) in [5, 5.41) is 2.60. The van der Waals surface area contributed by atoms with Crippen molar-refractivity contribution in [2.45, 2.75) is 12.1 Å². The first-order valence-electron chi connectivity index (χ1n) is 11.0. The Balaban J connectivity index is 1.44. The van der Waals surface area contributed by atoms with Crippen molar-refractivity contribution < 1.29 is 18.8 Å². The summed E-state index contributed by atoms with van der Waals surface area (Å²) >= 11 is 12.6. The van der Waals surface area contributed by atoms with Gasteiger partial charge in [0, 0.05) is 10.6 Å². The Labute approximate surface area is 211 Å². The quantitative estimate of drug-likeness (QED) is 0.305. The SMILES string of the molecule is O=C1[C@H]2[C@@H](ON(c3ccccc3)[C@H]2c2ccc(-c3cc(Cl)ccc3Cl)o2)C(=O)N1c1ccccc1. The third-order valence-electron chi connectivity index (χ3n) is 6.25. The summed E-state index contributed by atoms with van der Waals surface area (Å²) in [7, 11) is 0. The first-order chi connectivity index (χ1) is 17.0. The van der Waals surface area contributed by atoms with Crippen molar-refractivity contribution in [2.75, 3.05) is 9.96 Å². The van der Waals surface area contributed by atoms with E-state index in [0.29, 0.717) is 38.5 Å². The molecule has 4 aromatic rings. The Hall–Kier alpha value is -3.58. The summed E-state index contributed by atoms with van der Waals surface area (Å²) in [4.78, 5) is 34.3. The smallest absolute Gasteiger partial charge is 0.266 e. The number of furan rings is 1. The maximum absolute atomic E-state index is 13.7. The highest BCUT2D eigenvalue weighted by Gasteiger charge is 2.61. The maximum atomic E-state index is 13.7. The molecular formula is C27H18Cl2N2O4. The number of benzene rings is 3. The van der Waals surface area contributed by atoms with Gasteiger partial charge in [0.15, 0.2) is 6.10 Å². The number of nitrogens with zero attached hydrogens (tertiary/aromatic N) is 2. The van der Waals surface area contributed by atoms with Gasteiger partial charge < -0.3 is 4.42 Å². The van der Waals surface area contributed by atoms with E-state index in [4.69, 9.17) is 32.5 Å². The molecule has 0 aliphatic carbocycles. The number of rotatable bonds is 4. The van der Waals surface area contributed by atoms with E-state index in [0.717, 1.165) is 0 Å². The van der Waals surface area contributed by atoms with Gasteiger partial charge in [0.05, 0.1) is 16.4 Å². The molecule has 3 aromatic carbocycles. The number of halogens is 2. The number of hydroxylamine groups is 1. The van der Waals surface area contributed by atoms with Gasteiger partial charge in [-0.15, -0.1) is 0 Å².